The van der Waals surface area contributed by atoms with Crippen LogP contribution in [0.3, 0.4) is 0 Å². The number of aromatic amines is 1. The second-order valence-corrected chi connectivity index (χ2v) is 8.33. The van der Waals surface area contributed by atoms with Crippen molar-refractivity contribution < 1.29 is 17.9 Å². The number of imidazole rings is 1. The standard InChI is InChI=1S/C23H17BrF3N3O/c24-19-11-15(23(25,26)27)12-20-21(19)30-22(29-20)28-16-5-8-17(9-6-16)31-18-7-4-13-2-1-3-14(13)10-18/h4-12H,1-3H2,(H2,28,29,30). The Balaban J connectivity index is 1.32. The molecule has 0 atom stereocenters. The number of nitrogens with one attached hydrogen (secondary N) is 2. The summed E-state index contributed by atoms with van der Waals surface area (Å²) >= 11 is 3.17. The van der Waals surface area contributed by atoms with E-state index >= 15 is 0 Å². The molecule has 4 nitrogen and oxygen atoms in total. The van der Waals surface area contributed by atoms with Crippen LogP contribution in [0.4, 0.5) is 24.8 Å². The highest BCUT2D eigenvalue weighted by atomic mass is 79.9. The van der Waals surface area contributed by atoms with Crippen LogP contribution in [-0.4, -0.2) is 9.97 Å². The summed E-state index contributed by atoms with van der Waals surface area (Å²) < 4.78 is 45.3. The quantitative estimate of drug-likeness (QED) is 0.316. The zero-order valence-electron chi connectivity index (χ0n) is 16.2. The highest BCUT2D eigenvalue weighted by Crippen LogP contribution is 2.35. The minimum absolute atomic E-state index is 0.278. The van der Waals surface area contributed by atoms with Crippen LogP contribution in [0.2, 0.25) is 0 Å². The molecule has 0 amide bonds. The maximum atomic E-state index is 13.0. The van der Waals surface area contributed by atoms with Crippen molar-refractivity contribution >= 4 is 38.6 Å². The number of H-pyrrole nitrogens is 1. The summed E-state index contributed by atoms with van der Waals surface area (Å²) in [6.45, 7) is 0. The number of aryl methyl sites for hydroxylation is 2. The minimum Gasteiger partial charge on any atom is -0.457 e. The van der Waals surface area contributed by atoms with Gasteiger partial charge in [-0.1, -0.05) is 6.07 Å². The Morgan fingerprint density at radius 1 is 0.935 bits per heavy atom. The first-order chi connectivity index (χ1) is 14.8. The molecule has 1 aromatic heterocycles. The van der Waals surface area contributed by atoms with Crippen molar-refractivity contribution in [2.45, 2.75) is 25.4 Å². The third-order valence-electron chi connectivity index (χ3n) is 5.29. The van der Waals surface area contributed by atoms with Gasteiger partial charge < -0.3 is 15.0 Å². The number of nitrogens with zero attached hydrogens (tertiary/aromatic N) is 1. The summed E-state index contributed by atoms with van der Waals surface area (Å²) in [6, 6.07) is 15.6. The molecule has 0 saturated carbocycles. The molecule has 8 heteroatoms. The third kappa shape index (κ3) is 4.12. The third-order valence-corrected chi connectivity index (χ3v) is 5.89. The molecule has 0 fully saturated rings. The fraction of sp³-hybridized carbons (Fsp3) is 0.174. The van der Waals surface area contributed by atoms with Gasteiger partial charge in [0.2, 0.25) is 5.95 Å². The van der Waals surface area contributed by atoms with Gasteiger partial charge in [-0.2, -0.15) is 13.2 Å². The van der Waals surface area contributed by atoms with E-state index in [-0.39, 0.29) is 4.47 Å². The van der Waals surface area contributed by atoms with E-state index in [4.69, 9.17) is 4.74 Å². The SMILES string of the molecule is FC(F)(F)c1cc(Br)c2nc(Nc3ccc(Oc4ccc5c(c4)CCC5)cc3)[nH]c2c1. The fourth-order valence-corrected chi connectivity index (χ4v) is 4.34. The monoisotopic (exact) mass is 487 g/mol. The molecule has 1 aliphatic carbocycles. The zero-order chi connectivity index (χ0) is 21.6. The van der Waals surface area contributed by atoms with E-state index in [1.165, 1.54) is 17.5 Å². The number of halogens is 4. The van der Waals surface area contributed by atoms with Gasteiger partial charge in [0.25, 0.3) is 0 Å². The van der Waals surface area contributed by atoms with Gasteiger partial charge in [-0.15, -0.1) is 0 Å². The first kappa shape index (κ1) is 19.9. The lowest BCUT2D eigenvalue weighted by Crippen LogP contribution is -2.04. The van der Waals surface area contributed by atoms with E-state index in [0.29, 0.717) is 22.7 Å². The summed E-state index contributed by atoms with van der Waals surface area (Å²) in [6.07, 6.45) is -1.02. The van der Waals surface area contributed by atoms with Crippen LogP contribution in [0.25, 0.3) is 11.0 Å². The first-order valence-electron chi connectivity index (χ1n) is 9.78. The maximum Gasteiger partial charge on any atom is 0.416 e. The van der Waals surface area contributed by atoms with Gasteiger partial charge in [0.1, 0.15) is 17.0 Å². The number of ether oxygens (including phenoxy) is 1. The molecule has 158 valence electrons. The number of rotatable bonds is 4. The van der Waals surface area contributed by atoms with E-state index in [2.05, 4.69) is 43.3 Å². The Bertz CT molecular complexity index is 1270. The molecule has 0 radical (unpaired) electrons. The van der Waals surface area contributed by atoms with E-state index in [1.54, 1.807) is 0 Å². The second-order valence-electron chi connectivity index (χ2n) is 7.47. The van der Waals surface area contributed by atoms with Gasteiger partial charge in [-0.05, 0) is 94.9 Å². The number of aromatic nitrogens is 2. The smallest absolute Gasteiger partial charge is 0.416 e. The number of fused-ring (bicyclic) bond motifs is 2. The number of hydrogen-bond donors (Lipinski definition) is 2. The first-order valence-corrected chi connectivity index (χ1v) is 10.6. The summed E-state index contributed by atoms with van der Waals surface area (Å²) in [5.41, 5.74) is 3.45. The molecule has 0 spiro atoms. The Labute approximate surface area is 184 Å². The molecule has 0 saturated heterocycles. The van der Waals surface area contributed by atoms with Gasteiger partial charge in [0.05, 0.1) is 11.1 Å². The van der Waals surface area contributed by atoms with E-state index in [9.17, 15) is 13.2 Å². The molecule has 0 bridgehead atoms. The summed E-state index contributed by atoms with van der Waals surface area (Å²) in [4.78, 5) is 7.23. The van der Waals surface area contributed by atoms with Crippen LogP contribution in [-0.2, 0) is 19.0 Å². The zero-order valence-corrected chi connectivity index (χ0v) is 17.8. The van der Waals surface area contributed by atoms with Crippen molar-refractivity contribution in [2.75, 3.05) is 5.32 Å². The van der Waals surface area contributed by atoms with Crippen LogP contribution in [0.15, 0.2) is 59.1 Å². The normalized spacial score (nSPS) is 13.4. The number of hydrogen-bond acceptors (Lipinski definition) is 3. The molecule has 1 heterocycles. The predicted octanol–water partition coefficient (Wildman–Crippen LogP) is 7.37. The molecule has 1 aliphatic rings. The van der Waals surface area contributed by atoms with Gasteiger partial charge in [-0.3, -0.25) is 0 Å². The summed E-state index contributed by atoms with van der Waals surface area (Å²) in [7, 11) is 0. The lowest BCUT2D eigenvalue weighted by molar-refractivity contribution is -0.137. The van der Waals surface area contributed by atoms with Crippen LogP contribution in [0.1, 0.15) is 23.1 Å². The number of alkyl halides is 3. The highest BCUT2D eigenvalue weighted by Gasteiger charge is 2.31. The topological polar surface area (TPSA) is 49.9 Å². The van der Waals surface area contributed by atoms with Crippen molar-refractivity contribution in [1.29, 1.82) is 0 Å². The van der Waals surface area contributed by atoms with Crippen molar-refractivity contribution in [3.05, 3.63) is 75.8 Å². The Kier molecular flexibility index (Phi) is 4.89. The molecule has 3 aromatic carbocycles. The number of benzene rings is 3. The molecule has 4 aromatic rings. The molecular weight excluding hydrogens is 471 g/mol. The van der Waals surface area contributed by atoms with Crippen LogP contribution in [0.5, 0.6) is 11.5 Å². The van der Waals surface area contributed by atoms with Crippen LogP contribution >= 0.6 is 15.9 Å². The van der Waals surface area contributed by atoms with Crippen LogP contribution in [0, 0.1) is 0 Å². The minimum atomic E-state index is -4.43. The van der Waals surface area contributed by atoms with Crippen molar-refractivity contribution in [2.24, 2.45) is 0 Å². The maximum absolute atomic E-state index is 13.0. The summed E-state index contributed by atoms with van der Waals surface area (Å²) in [5, 5.41) is 3.08. The lowest BCUT2D eigenvalue weighted by Gasteiger charge is -2.09. The van der Waals surface area contributed by atoms with E-state index < -0.39 is 11.7 Å². The molecule has 2 N–H and O–H groups in total. The van der Waals surface area contributed by atoms with E-state index in [0.717, 1.165) is 36.4 Å². The van der Waals surface area contributed by atoms with Crippen molar-refractivity contribution in [3.63, 3.8) is 0 Å². The van der Waals surface area contributed by atoms with Crippen molar-refractivity contribution in [3.8, 4) is 11.5 Å². The molecule has 0 unspecified atom stereocenters. The molecular formula is C23H17BrF3N3O. The average molecular weight is 488 g/mol. The predicted molar refractivity (Wildman–Crippen MR) is 117 cm³/mol. The number of anilines is 2. The molecule has 31 heavy (non-hydrogen) atoms. The summed E-state index contributed by atoms with van der Waals surface area (Å²) in [5.74, 6) is 1.86. The van der Waals surface area contributed by atoms with Crippen LogP contribution < -0.4 is 10.1 Å². The Morgan fingerprint density at radius 2 is 1.68 bits per heavy atom. The Morgan fingerprint density at radius 3 is 2.45 bits per heavy atom. The van der Waals surface area contributed by atoms with E-state index in [1.807, 2.05) is 30.3 Å². The van der Waals surface area contributed by atoms with Gasteiger partial charge >= 0.3 is 6.18 Å². The second kappa shape index (κ2) is 7.60. The highest BCUT2D eigenvalue weighted by molar-refractivity contribution is 9.10. The lowest BCUT2D eigenvalue weighted by atomic mass is 10.1. The molecule has 5 rings (SSSR count). The van der Waals surface area contributed by atoms with Gasteiger partial charge in [0, 0.05) is 10.2 Å². The van der Waals surface area contributed by atoms with Gasteiger partial charge in [0.15, 0.2) is 0 Å². The largest absolute Gasteiger partial charge is 0.457 e. The average Bonchev–Trinajstić information content (AvgIpc) is 3.35. The van der Waals surface area contributed by atoms with Crippen molar-refractivity contribution in [1.82, 2.24) is 9.97 Å². The fourth-order valence-electron chi connectivity index (χ4n) is 3.79. The van der Waals surface area contributed by atoms with Gasteiger partial charge in [-0.25, -0.2) is 4.98 Å². The Hall–Kier alpha value is -3.00. The molecule has 0 aliphatic heterocycles.